The molecule has 162 valence electrons. The average Bonchev–Trinajstić information content (AvgIpc) is 2.84. The van der Waals surface area contributed by atoms with Gasteiger partial charge in [0.05, 0.1) is 0 Å². The summed E-state index contributed by atoms with van der Waals surface area (Å²) in [5.41, 5.74) is 2.70. The van der Waals surface area contributed by atoms with Crippen LogP contribution >= 0.6 is 0 Å². The zero-order chi connectivity index (χ0) is 22.9. The van der Waals surface area contributed by atoms with Gasteiger partial charge in [0.15, 0.2) is 5.78 Å². The lowest BCUT2D eigenvalue weighted by Gasteiger charge is -2.25. The Labute approximate surface area is 183 Å². The summed E-state index contributed by atoms with van der Waals surface area (Å²) in [7, 11) is 2.92. The summed E-state index contributed by atoms with van der Waals surface area (Å²) in [5.74, 6) is -1.64. The van der Waals surface area contributed by atoms with E-state index < -0.39 is 11.9 Å². The fraction of sp³-hybridized carbons (Fsp3) is 0.231. The molecule has 0 bridgehead atoms. The van der Waals surface area contributed by atoms with Crippen molar-refractivity contribution in [3.8, 4) is 0 Å². The van der Waals surface area contributed by atoms with Crippen LogP contribution in [0.3, 0.4) is 0 Å². The highest BCUT2D eigenvalue weighted by atomic mass is 16.7. The minimum Gasteiger partial charge on any atom is -0.380 e. The number of aliphatic hydroxyl groups is 1. The first-order valence-corrected chi connectivity index (χ1v) is 9.87. The van der Waals surface area contributed by atoms with Crippen molar-refractivity contribution in [2.24, 2.45) is 0 Å². The number of Topliss-reactive ketones (excluding diaryl/α,β-unsaturated/α-hetero) is 2. The SMILES string of the molecule is COC(C)(OC)C(=O)c1ccccc1C.O=C(c1ccccc1)C(O)c1ccccc1. The van der Waals surface area contributed by atoms with Crippen molar-refractivity contribution in [1.82, 2.24) is 0 Å². The van der Waals surface area contributed by atoms with Gasteiger partial charge in [-0.25, -0.2) is 0 Å². The van der Waals surface area contributed by atoms with Gasteiger partial charge in [0.2, 0.25) is 11.6 Å². The van der Waals surface area contributed by atoms with E-state index in [1.54, 1.807) is 61.5 Å². The van der Waals surface area contributed by atoms with Crippen molar-refractivity contribution in [3.63, 3.8) is 0 Å². The molecular weight excluding hydrogens is 392 g/mol. The standard InChI is InChI=1S/C14H12O2.C12H16O3/c15-13(11-7-3-1-4-8-11)14(16)12-9-5-2-6-10-12;1-9-7-5-6-8-10(9)11(13)12(2,14-3)15-4/h1-10,13,15H;5-8H,1-4H3. The summed E-state index contributed by atoms with van der Waals surface area (Å²) < 4.78 is 10.2. The van der Waals surface area contributed by atoms with Crippen LogP contribution in [-0.4, -0.2) is 36.7 Å². The first-order chi connectivity index (χ1) is 14.8. The minimum absolute atomic E-state index is 0.161. The van der Waals surface area contributed by atoms with Crippen LogP contribution in [-0.2, 0) is 9.47 Å². The molecule has 1 N–H and O–H groups in total. The first kappa shape index (κ1) is 24.2. The summed E-state index contributed by atoms with van der Waals surface area (Å²) in [6.07, 6.45) is -1.08. The normalized spacial score (nSPS) is 11.8. The second kappa shape index (κ2) is 11.3. The second-order valence-electron chi connectivity index (χ2n) is 7.04. The Morgan fingerprint density at radius 1 is 0.806 bits per heavy atom. The number of methoxy groups -OCH3 is 2. The quantitative estimate of drug-likeness (QED) is 0.439. The summed E-state index contributed by atoms with van der Waals surface area (Å²) >= 11 is 0. The van der Waals surface area contributed by atoms with Gasteiger partial charge in [-0.3, -0.25) is 9.59 Å². The Hall–Kier alpha value is -3.12. The summed E-state index contributed by atoms with van der Waals surface area (Å²) in [6, 6.07) is 25.1. The molecule has 5 heteroatoms. The maximum atomic E-state index is 12.1. The molecular formula is C26H28O5. The van der Waals surface area contributed by atoms with E-state index >= 15 is 0 Å². The molecule has 3 rings (SSSR count). The molecule has 1 unspecified atom stereocenters. The van der Waals surface area contributed by atoms with Crippen LogP contribution in [0.25, 0.3) is 0 Å². The molecule has 3 aromatic rings. The van der Waals surface area contributed by atoms with Gasteiger partial charge in [0, 0.05) is 25.3 Å². The van der Waals surface area contributed by atoms with E-state index in [1.165, 1.54) is 14.2 Å². The van der Waals surface area contributed by atoms with Crippen LogP contribution < -0.4 is 0 Å². The van der Waals surface area contributed by atoms with E-state index in [1.807, 2.05) is 37.3 Å². The van der Waals surface area contributed by atoms with Gasteiger partial charge in [0.1, 0.15) is 6.10 Å². The predicted molar refractivity (Wildman–Crippen MR) is 120 cm³/mol. The third-order valence-electron chi connectivity index (χ3n) is 5.00. The van der Waals surface area contributed by atoms with E-state index in [0.717, 1.165) is 5.56 Å². The van der Waals surface area contributed by atoms with E-state index in [-0.39, 0.29) is 11.6 Å². The maximum absolute atomic E-state index is 12.1. The first-order valence-electron chi connectivity index (χ1n) is 9.87. The largest absolute Gasteiger partial charge is 0.380 e. The lowest BCUT2D eigenvalue weighted by Crippen LogP contribution is -2.39. The Morgan fingerprint density at radius 2 is 1.29 bits per heavy atom. The number of rotatable bonds is 7. The fourth-order valence-corrected chi connectivity index (χ4v) is 2.89. The molecule has 0 saturated heterocycles. The Kier molecular flexibility index (Phi) is 8.82. The molecule has 5 nitrogen and oxygen atoms in total. The molecule has 31 heavy (non-hydrogen) atoms. The van der Waals surface area contributed by atoms with Crippen molar-refractivity contribution in [2.75, 3.05) is 14.2 Å². The number of benzene rings is 3. The smallest absolute Gasteiger partial charge is 0.230 e. The molecule has 0 amide bonds. The fourth-order valence-electron chi connectivity index (χ4n) is 2.89. The van der Waals surface area contributed by atoms with Crippen LogP contribution in [0.2, 0.25) is 0 Å². The molecule has 0 heterocycles. The number of aryl methyl sites for hydroxylation is 1. The zero-order valence-electron chi connectivity index (χ0n) is 18.2. The van der Waals surface area contributed by atoms with Gasteiger partial charge in [-0.05, 0) is 25.0 Å². The van der Waals surface area contributed by atoms with Crippen molar-refractivity contribution >= 4 is 11.6 Å². The van der Waals surface area contributed by atoms with Crippen LogP contribution in [0.1, 0.15) is 44.9 Å². The lowest BCUT2D eigenvalue weighted by atomic mass is 10.00. The Bertz CT molecular complexity index is 979. The van der Waals surface area contributed by atoms with Crippen molar-refractivity contribution < 1.29 is 24.2 Å². The number of hydrogen-bond acceptors (Lipinski definition) is 5. The average molecular weight is 421 g/mol. The molecule has 0 aromatic heterocycles. The van der Waals surface area contributed by atoms with Gasteiger partial charge in [0.25, 0.3) is 0 Å². The molecule has 0 aliphatic heterocycles. The monoisotopic (exact) mass is 420 g/mol. The van der Waals surface area contributed by atoms with E-state index in [2.05, 4.69) is 0 Å². The summed E-state index contributed by atoms with van der Waals surface area (Å²) in [5, 5.41) is 9.89. The van der Waals surface area contributed by atoms with Crippen molar-refractivity contribution in [3.05, 3.63) is 107 Å². The van der Waals surface area contributed by atoms with Crippen molar-refractivity contribution in [1.29, 1.82) is 0 Å². The van der Waals surface area contributed by atoms with Crippen molar-refractivity contribution in [2.45, 2.75) is 25.7 Å². The van der Waals surface area contributed by atoms with Crippen LogP contribution in [0.5, 0.6) is 0 Å². The zero-order valence-corrected chi connectivity index (χ0v) is 18.2. The Balaban J connectivity index is 0.000000221. The third kappa shape index (κ3) is 6.18. The minimum atomic E-state index is -1.20. The third-order valence-corrected chi connectivity index (χ3v) is 5.00. The molecule has 3 aromatic carbocycles. The van der Waals surface area contributed by atoms with E-state index in [4.69, 9.17) is 9.47 Å². The van der Waals surface area contributed by atoms with Crippen LogP contribution in [0, 0.1) is 6.92 Å². The highest BCUT2D eigenvalue weighted by molar-refractivity contribution is 6.02. The summed E-state index contributed by atoms with van der Waals surface area (Å²) in [4.78, 5) is 24.0. The number of hydrogen-bond donors (Lipinski definition) is 1. The number of carbonyl (C=O) groups excluding carboxylic acids is 2. The summed E-state index contributed by atoms with van der Waals surface area (Å²) in [6.45, 7) is 3.50. The predicted octanol–water partition coefficient (Wildman–Crippen LogP) is 4.79. The highest BCUT2D eigenvalue weighted by Gasteiger charge is 2.34. The van der Waals surface area contributed by atoms with E-state index in [9.17, 15) is 14.7 Å². The van der Waals surface area contributed by atoms with Gasteiger partial charge in [-0.1, -0.05) is 84.9 Å². The number of ketones is 2. The topological polar surface area (TPSA) is 72.8 Å². The molecule has 0 aliphatic carbocycles. The Morgan fingerprint density at radius 3 is 1.81 bits per heavy atom. The van der Waals surface area contributed by atoms with Gasteiger partial charge in [-0.2, -0.15) is 0 Å². The van der Waals surface area contributed by atoms with Crippen LogP contribution in [0.15, 0.2) is 84.9 Å². The molecule has 0 radical (unpaired) electrons. The molecule has 0 fully saturated rings. The molecule has 0 aliphatic rings. The van der Waals surface area contributed by atoms with Gasteiger partial charge in [-0.15, -0.1) is 0 Å². The second-order valence-corrected chi connectivity index (χ2v) is 7.04. The molecule has 0 spiro atoms. The lowest BCUT2D eigenvalue weighted by molar-refractivity contribution is -0.155. The van der Waals surface area contributed by atoms with Gasteiger partial charge >= 0.3 is 0 Å². The maximum Gasteiger partial charge on any atom is 0.230 e. The van der Waals surface area contributed by atoms with Gasteiger partial charge < -0.3 is 14.6 Å². The van der Waals surface area contributed by atoms with E-state index in [0.29, 0.717) is 16.7 Å². The molecule has 0 saturated carbocycles. The van der Waals surface area contributed by atoms with Crippen LogP contribution in [0.4, 0.5) is 0 Å². The number of ether oxygens (including phenoxy) is 2. The molecule has 1 atom stereocenters. The number of aliphatic hydroxyl groups excluding tert-OH is 1. The highest BCUT2D eigenvalue weighted by Crippen LogP contribution is 2.20. The number of carbonyl (C=O) groups is 2.